The lowest BCUT2D eigenvalue weighted by Gasteiger charge is -2.55. The summed E-state index contributed by atoms with van der Waals surface area (Å²) in [7, 11) is 0. The molecule has 0 nitrogen and oxygen atoms in total. The van der Waals surface area contributed by atoms with E-state index in [0.717, 1.165) is 11.8 Å². The first-order chi connectivity index (χ1) is 9.13. The second-order valence-corrected chi connectivity index (χ2v) is 8.10. The minimum Gasteiger partial charge on any atom is -0.0844 e. The number of hydrogen-bond donors (Lipinski definition) is 0. The SMILES string of the molecule is C[C@@]12CCC=C1[C@@H]1CC=C3CCCC[C@]3(C)[C@H]1CC2. The van der Waals surface area contributed by atoms with E-state index in [-0.39, 0.29) is 0 Å². The molecule has 0 aliphatic heterocycles. The first-order valence-electron chi connectivity index (χ1n) is 8.54. The minimum absolute atomic E-state index is 0.561. The first-order valence-corrected chi connectivity index (χ1v) is 8.54. The number of fused-ring (bicyclic) bond motifs is 5. The van der Waals surface area contributed by atoms with Gasteiger partial charge in [0.2, 0.25) is 0 Å². The third kappa shape index (κ3) is 1.58. The lowest BCUT2D eigenvalue weighted by molar-refractivity contribution is 0.0653. The van der Waals surface area contributed by atoms with Crippen LogP contribution in [0.1, 0.15) is 71.6 Å². The van der Waals surface area contributed by atoms with Gasteiger partial charge in [-0.25, -0.2) is 0 Å². The van der Waals surface area contributed by atoms with Crippen LogP contribution in [0.4, 0.5) is 0 Å². The van der Waals surface area contributed by atoms with Crippen LogP contribution >= 0.6 is 0 Å². The molecule has 4 aliphatic carbocycles. The number of allylic oxidation sites excluding steroid dienone is 4. The molecule has 4 atom stereocenters. The quantitative estimate of drug-likeness (QED) is 0.491. The fourth-order valence-electron chi connectivity index (χ4n) is 6.03. The van der Waals surface area contributed by atoms with Gasteiger partial charge in [-0.2, -0.15) is 0 Å². The van der Waals surface area contributed by atoms with Crippen molar-refractivity contribution in [2.24, 2.45) is 22.7 Å². The Labute approximate surface area is 118 Å². The number of rotatable bonds is 0. The molecule has 0 amide bonds. The molecule has 0 aromatic rings. The van der Waals surface area contributed by atoms with Crippen LogP contribution in [-0.2, 0) is 0 Å². The van der Waals surface area contributed by atoms with Crippen molar-refractivity contribution < 1.29 is 0 Å². The Balaban J connectivity index is 1.74. The average Bonchev–Trinajstić information content (AvgIpc) is 2.79. The zero-order valence-electron chi connectivity index (χ0n) is 12.7. The standard InChI is InChI=1S/C19H28/c1-18-11-5-7-16(18)15-9-8-14-6-3-4-12-19(14,2)17(15)10-13-18/h7-8,15,17H,3-6,9-13H2,1-2H3/t15-,17-,18-,19-/m0/s1. The van der Waals surface area contributed by atoms with E-state index >= 15 is 0 Å². The Kier molecular flexibility index (Phi) is 2.57. The van der Waals surface area contributed by atoms with Gasteiger partial charge in [-0.05, 0) is 74.0 Å². The van der Waals surface area contributed by atoms with Gasteiger partial charge in [0, 0.05) is 0 Å². The zero-order valence-corrected chi connectivity index (χ0v) is 12.7. The van der Waals surface area contributed by atoms with Crippen LogP contribution in [0.5, 0.6) is 0 Å². The van der Waals surface area contributed by atoms with Gasteiger partial charge in [0.15, 0.2) is 0 Å². The molecule has 2 saturated carbocycles. The van der Waals surface area contributed by atoms with Gasteiger partial charge in [0.25, 0.3) is 0 Å². The van der Waals surface area contributed by atoms with Crippen molar-refractivity contribution in [1.29, 1.82) is 0 Å². The molecule has 2 fully saturated rings. The molecule has 0 aromatic heterocycles. The van der Waals surface area contributed by atoms with Gasteiger partial charge in [-0.3, -0.25) is 0 Å². The van der Waals surface area contributed by atoms with E-state index in [1.165, 1.54) is 57.8 Å². The summed E-state index contributed by atoms with van der Waals surface area (Å²) >= 11 is 0. The van der Waals surface area contributed by atoms with Crippen molar-refractivity contribution in [2.45, 2.75) is 71.6 Å². The summed E-state index contributed by atoms with van der Waals surface area (Å²) in [5.41, 5.74) is 4.84. The molecule has 0 aromatic carbocycles. The Hall–Kier alpha value is -0.520. The molecule has 0 heterocycles. The summed E-state index contributed by atoms with van der Waals surface area (Å²) in [6.45, 7) is 5.15. The molecule has 4 aliphatic rings. The third-order valence-corrected chi connectivity index (χ3v) is 7.21. The van der Waals surface area contributed by atoms with E-state index in [1.54, 1.807) is 0 Å². The maximum atomic E-state index is 2.66. The summed E-state index contributed by atoms with van der Waals surface area (Å²) < 4.78 is 0. The lowest BCUT2D eigenvalue weighted by Crippen LogP contribution is -2.45. The van der Waals surface area contributed by atoms with E-state index in [1.807, 2.05) is 11.1 Å². The van der Waals surface area contributed by atoms with Crippen molar-refractivity contribution in [3.05, 3.63) is 23.3 Å². The molecule has 0 heteroatoms. The molecule has 0 unspecified atom stereocenters. The van der Waals surface area contributed by atoms with Crippen LogP contribution in [0, 0.1) is 22.7 Å². The molecular formula is C19H28. The van der Waals surface area contributed by atoms with Crippen molar-refractivity contribution >= 4 is 0 Å². The second-order valence-electron chi connectivity index (χ2n) is 8.10. The van der Waals surface area contributed by atoms with Crippen LogP contribution in [0.2, 0.25) is 0 Å². The predicted molar refractivity (Wildman–Crippen MR) is 80.9 cm³/mol. The van der Waals surface area contributed by atoms with Crippen LogP contribution in [0.15, 0.2) is 23.3 Å². The molecule has 0 spiro atoms. The average molecular weight is 256 g/mol. The minimum atomic E-state index is 0.561. The Morgan fingerprint density at radius 3 is 2.84 bits per heavy atom. The molecule has 0 bridgehead atoms. The zero-order chi connectivity index (χ0) is 13.1. The highest BCUT2D eigenvalue weighted by Gasteiger charge is 2.52. The van der Waals surface area contributed by atoms with E-state index in [2.05, 4.69) is 26.0 Å². The maximum absolute atomic E-state index is 2.66. The molecule has 4 rings (SSSR count). The third-order valence-electron chi connectivity index (χ3n) is 7.21. The van der Waals surface area contributed by atoms with Crippen LogP contribution in [-0.4, -0.2) is 0 Å². The summed E-state index contributed by atoms with van der Waals surface area (Å²) in [6.07, 6.45) is 18.1. The molecule has 19 heavy (non-hydrogen) atoms. The largest absolute Gasteiger partial charge is 0.0844 e. The summed E-state index contributed by atoms with van der Waals surface area (Å²) in [6, 6.07) is 0. The van der Waals surface area contributed by atoms with Gasteiger partial charge < -0.3 is 0 Å². The Morgan fingerprint density at radius 2 is 1.95 bits per heavy atom. The van der Waals surface area contributed by atoms with Crippen molar-refractivity contribution in [3.8, 4) is 0 Å². The summed E-state index contributed by atoms with van der Waals surface area (Å²) in [4.78, 5) is 0. The van der Waals surface area contributed by atoms with Crippen LogP contribution in [0.25, 0.3) is 0 Å². The highest BCUT2D eigenvalue weighted by Crippen LogP contribution is 2.63. The lowest BCUT2D eigenvalue weighted by atomic mass is 9.50. The highest BCUT2D eigenvalue weighted by molar-refractivity contribution is 5.33. The molecular weight excluding hydrogens is 228 g/mol. The van der Waals surface area contributed by atoms with E-state index < -0.39 is 0 Å². The Bertz CT molecular complexity index is 455. The summed E-state index contributed by atoms with van der Waals surface area (Å²) in [5.74, 6) is 1.86. The van der Waals surface area contributed by atoms with Crippen molar-refractivity contribution in [2.75, 3.05) is 0 Å². The van der Waals surface area contributed by atoms with Gasteiger partial charge in [0.1, 0.15) is 0 Å². The van der Waals surface area contributed by atoms with E-state index in [0.29, 0.717) is 10.8 Å². The van der Waals surface area contributed by atoms with Crippen molar-refractivity contribution in [3.63, 3.8) is 0 Å². The van der Waals surface area contributed by atoms with Crippen LogP contribution in [0.3, 0.4) is 0 Å². The highest BCUT2D eigenvalue weighted by atomic mass is 14.6. The Morgan fingerprint density at radius 1 is 1.05 bits per heavy atom. The van der Waals surface area contributed by atoms with Gasteiger partial charge >= 0.3 is 0 Å². The first kappa shape index (κ1) is 12.2. The van der Waals surface area contributed by atoms with E-state index in [9.17, 15) is 0 Å². The fraction of sp³-hybridized carbons (Fsp3) is 0.789. The molecule has 104 valence electrons. The maximum Gasteiger partial charge on any atom is -0.00823 e. The predicted octanol–water partition coefficient (Wildman–Crippen LogP) is 5.65. The topological polar surface area (TPSA) is 0 Å². The van der Waals surface area contributed by atoms with Crippen molar-refractivity contribution in [1.82, 2.24) is 0 Å². The van der Waals surface area contributed by atoms with Gasteiger partial charge in [0.05, 0.1) is 0 Å². The smallest absolute Gasteiger partial charge is 0.00823 e. The number of hydrogen-bond acceptors (Lipinski definition) is 0. The normalized spacial score (nSPS) is 48.7. The van der Waals surface area contributed by atoms with E-state index in [4.69, 9.17) is 0 Å². The van der Waals surface area contributed by atoms with Crippen LogP contribution < -0.4 is 0 Å². The molecule has 0 N–H and O–H groups in total. The fourth-order valence-corrected chi connectivity index (χ4v) is 6.03. The monoisotopic (exact) mass is 256 g/mol. The van der Waals surface area contributed by atoms with Gasteiger partial charge in [-0.1, -0.05) is 43.6 Å². The molecule has 0 radical (unpaired) electrons. The molecule has 0 saturated heterocycles. The van der Waals surface area contributed by atoms with Gasteiger partial charge in [-0.15, -0.1) is 0 Å². The summed E-state index contributed by atoms with van der Waals surface area (Å²) in [5, 5.41) is 0. The second kappa shape index (κ2) is 3.99.